The fraction of sp³-hybridized carbons (Fsp3) is 0.100. The first-order valence-electron chi connectivity index (χ1n) is 4.99. The molecule has 0 fully saturated rings. The monoisotopic (exact) mass is 249 g/mol. The Labute approximate surface area is 101 Å². The van der Waals surface area contributed by atoms with Gasteiger partial charge in [0.2, 0.25) is 0 Å². The Hall–Kier alpha value is -2.77. The first-order valence-corrected chi connectivity index (χ1v) is 4.99. The van der Waals surface area contributed by atoms with Gasteiger partial charge in [0, 0.05) is 13.2 Å². The molecule has 0 saturated carbocycles. The van der Waals surface area contributed by atoms with Crippen molar-refractivity contribution in [2.75, 3.05) is 11.1 Å². The van der Waals surface area contributed by atoms with E-state index < -0.39 is 11.9 Å². The Bertz CT molecular complexity index is 613. The molecule has 94 valence electrons. The van der Waals surface area contributed by atoms with Crippen LogP contribution in [0.15, 0.2) is 18.5 Å². The molecule has 18 heavy (non-hydrogen) atoms. The van der Waals surface area contributed by atoms with E-state index in [4.69, 9.17) is 10.8 Å². The first kappa shape index (κ1) is 11.7. The molecule has 0 radical (unpaired) electrons. The third-order valence-corrected chi connectivity index (χ3v) is 2.29. The van der Waals surface area contributed by atoms with Gasteiger partial charge >= 0.3 is 5.97 Å². The number of hydrogen-bond donors (Lipinski definition) is 4. The highest BCUT2D eigenvalue weighted by molar-refractivity contribution is 6.02. The SMILES string of the molecule is Cn1cc(NC(=O)c2ncc(N)[nH]2)cc1C(=O)O. The van der Waals surface area contributed by atoms with E-state index in [0.29, 0.717) is 5.69 Å². The van der Waals surface area contributed by atoms with Crippen molar-refractivity contribution >= 4 is 23.4 Å². The van der Waals surface area contributed by atoms with Gasteiger partial charge in [-0.25, -0.2) is 9.78 Å². The molecule has 0 aliphatic heterocycles. The topological polar surface area (TPSA) is 126 Å². The number of aromatic nitrogens is 3. The minimum absolute atomic E-state index is 0.0632. The predicted molar refractivity (Wildman–Crippen MR) is 63.3 cm³/mol. The van der Waals surface area contributed by atoms with E-state index >= 15 is 0 Å². The standard InChI is InChI=1S/C10H11N5O3/c1-15-4-5(2-6(15)10(17)18)13-9(16)8-12-3-7(11)14-8/h2-4H,11H2,1H3,(H,12,14)(H,13,16)(H,17,18). The van der Waals surface area contributed by atoms with Crippen LogP contribution in [0.3, 0.4) is 0 Å². The van der Waals surface area contributed by atoms with Crippen LogP contribution in [0.5, 0.6) is 0 Å². The Morgan fingerprint density at radius 1 is 1.56 bits per heavy atom. The van der Waals surface area contributed by atoms with Gasteiger partial charge in [0.15, 0.2) is 5.82 Å². The van der Waals surface area contributed by atoms with Crippen LogP contribution >= 0.6 is 0 Å². The number of H-pyrrole nitrogens is 1. The maximum absolute atomic E-state index is 11.7. The van der Waals surface area contributed by atoms with Crippen molar-refractivity contribution in [3.8, 4) is 0 Å². The molecule has 0 saturated heterocycles. The normalized spacial score (nSPS) is 10.3. The van der Waals surface area contributed by atoms with Crippen molar-refractivity contribution in [3.05, 3.63) is 30.0 Å². The van der Waals surface area contributed by atoms with Crippen LogP contribution < -0.4 is 11.1 Å². The Kier molecular flexibility index (Phi) is 2.76. The maximum atomic E-state index is 11.7. The van der Waals surface area contributed by atoms with Gasteiger partial charge in [-0.2, -0.15) is 0 Å². The van der Waals surface area contributed by atoms with Crippen molar-refractivity contribution in [1.29, 1.82) is 0 Å². The van der Waals surface area contributed by atoms with Crippen LogP contribution in [0.1, 0.15) is 21.1 Å². The highest BCUT2D eigenvalue weighted by Crippen LogP contribution is 2.13. The van der Waals surface area contributed by atoms with Gasteiger partial charge in [0.05, 0.1) is 11.9 Å². The van der Waals surface area contributed by atoms with Gasteiger partial charge in [-0.3, -0.25) is 4.79 Å². The molecule has 8 nitrogen and oxygen atoms in total. The number of carbonyl (C=O) groups excluding carboxylic acids is 1. The zero-order valence-electron chi connectivity index (χ0n) is 9.47. The van der Waals surface area contributed by atoms with Crippen LogP contribution in [-0.4, -0.2) is 31.5 Å². The Morgan fingerprint density at radius 2 is 2.28 bits per heavy atom. The molecule has 0 atom stereocenters. The summed E-state index contributed by atoms with van der Waals surface area (Å²) in [6, 6.07) is 1.35. The lowest BCUT2D eigenvalue weighted by molar-refractivity contribution is 0.0686. The summed E-state index contributed by atoms with van der Waals surface area (Å²) in [5.74, 6) is -1.22. The highest BCUT2D eigenvalue weighted by Gasteiger charge is 2.14. The summed E-state index contributed by atoms with van der Waals surface area (Å²) < 4.78 is 1.40. The molecule has 2 aromatic heterocycles. The molecule has 2 heterocycles. The Balaban J connectivity index is 2.17. The van der Waals surface area contributed by atoms with E-state index in [0.717, 1.165) is 0 Å². The number of anilines is 2. The summed E-state index contributed by atoms with van der Waals surface area (Å²) in [6.45, 7) is 0. The number of nitrogen functional groups attached to an aromatic ring is 1. The largest absolute Gasteiger partial charge is 0.477 e. The van der Waals surface area contributed by atoms with Crippen LogP contribution in [0.25, 0.3) is 0 Å². The number of amides is 1. The second kappa shape index (κ2) is 4.24. The van der Waals surface area contributed by atoms with Crippen LogP contribution in [0, 0.1) is 0 Å². The van der Waals surface area contributed by atoms with Gasteiger partial charge in [-0.1, -0.05) is 0 Å². The van der Waals surface area contributed by atoms with Gasteiger partial charge in [0.1, 0.15) is 11.5 Å². The molecule has 0 spiro atoms. The summed E-state index contributed by atoms with van der Waals surface area (Å²) in [7, 11) is 1.57. The minimum atomic E-state index is -1.07. The minimum Gasteiger partial charge on any atom is -0.477 e. The average molecular weight is 249 g/mol. The first-order chi connectivity index (χ1) is 8.47. The summed E-state index contributed by atoms with van der Waals surface area (Å²) in [6.07, 6.45) is 2.82. The van der Waals surface area contributed by atoms with Crippen molar-refractivity contribution < 1.29 is 14.7 Å². The van der Waals surface area contributed by atoms with E-state index in [9.17, 15) is 9.59 Å². The molecule has 0 aromatic carbocycles. The number of rotatable bonds is 3. The number of aromatic carboxylic acids is 1. The van der Waals surface area contributed by atoms with Gasteiger partial charge in [0.25, 0.3) is 5.91 Å². The van der Waals surface area contributed by atoms with E-state index in [1.165, 1.54) is 23.0 Å². The maximum Gasteiger partial charge on any atom is 0.352 e. The van der Waals surface area contributed by atoms with Crippen molar-refractivity contribution in [2.45, 2.75) is 0 Å². The Morgan fingerprint density at radius 3 is 2.78 bits per heavy atom. The van der Waals surface area contributed by atoms with Crippen LogP contribution in [-0.2, 0) is 7.05 Å². The number of hydrogen-bond acceptors (Lipinski definition) is 4. The third kappa shape index (κ3) is 2.17. The predicted octanol–water partition coefficient (Wildman–Crippen LogP) is 0.281. The fourth-order valence-corrected chi connectivity index (χ4v) is 1.49. The van der Waals surface area contributed by atoms with E-state index in [1.54, 1.807) is 7.05 Å². The van der Waals surface area contributed by atoms with Crippen LogP contribution in [0.4, 0.5) is 11.5 Å². The number of aromatic amines is 1. The molecule has 1 amide bonds. The molecule has 0 unspecified atom stereocenters. The number of nitrogens with one attached hydrogen (secondary N) is 2. The zero-order chi connectivity index (χ0) is 13.3. The number of nitrogens with zero attached hydrogens (tertiary/aromatic N) is 2. The summed E-state index contributed by atoms with van der Waals surface area (Å²) in [5, 5.41) is 11.4. The number of carboxylic acids is 1. The zero-order valence-corrected chi connectivity index (χ0v) is 9.47. The molecule has 0 aliphatic rings. The molecular weight excluding hydrogens is 238 g/mol. The molecule has 2 aromatic rings. The molecular formula is C10H11N5O3. The van der Waals surface area contributed by atoms with E-state index in [1.807, 2.05) is 0 Å². The van der Waals surface area contributed by atoms with E-state index in [2.05, 4.69) is 15.3 Å². The number of imidazole rings is 1. The van der Waals surface area contributed by atoms with Gasteiger partial charge in [-0.15, -0.1) is 0 Å². The van der Waals surface area contributed by atoms with Gasteiger partial charge < -0.3 is 25.7 Å². The van der Waals surface area contributed by atoms with Crippen molar-refractivity contribution in [3.63, 3.8) is 0 Å². The molecule has 5 N–H and O–H groups in total. The van der Waals surface area contributed by atoms with Crippen molar-refractivity contribution in [2.24, 2.45) is 7.05 Å². The summed E-state index contributed by atoms with van der Waals surface area (Å²) in [5.41, 5.74) is 5.84. The molecule has 0 bridgehead atoms. The quantitative estimate of drug-likeness (QED) is 0.621. The lowest BCUT2D eigenvalue weighted by atomic mass is 10.4. The van der Waals surface area contributed by atoms with E-state index in [-0.39, 0.29) is 17.3 Å². The fourth-order valence-electron chi connectivity index (χ4n) is 1.49. The number of nitrogens with two attached hydrogens (primary N) is 1. The lowest BCUT2D eigenvalue weighted by Gasteiger charge is -1.98. The smallest absolute Gasteiger partial charge is 0.352 e. The van der Waals surface area contributed by atoms with Crippen molar-refractivity contribution in [1.82, 2.24) is 14.5 Å². The second-order valence-electron chi connectivity index (χ2n) is 3.67. The molecule has 2 rings (SSSR count). The van der Waals surface area contributed by atoms with Gasteiger partial charge in [-0.05, 0) is 6.07 Å². The number of carboxylic acid groups (broad SMARTS) is 1. The highest BCUT2D eigenvalue weighted by atomic mass is 16.4. The number of carbonyl (C=O) groups is 2. The lowest BCUT2D eigenvalue weighted by Crippen LogP contribution is -2.13. The second-order valence-corrected chi connectivity index (χ2v) is 3.67. The third-order valence-electron chi connectivity index (χ3n) is 2.29. The van der Waals surface area contributed by atoms with Crippen LogP contribution in [0.2, 0.25) is 0 Å². The molecule has 0 aliphatic carbocycles. The summed E-state index contributed by atoms with van der Waals surface area (Å²) >= 11 is 0. The summed E-state index contributed by atoms with van der Waals surface area (Å²) in [4.78, 5) is 28.9. The molecule has 8 heteroatoms. The average Bonchev–Trinajstić information content (AvgIpc) is 2.85. The number of aryl methyl sites for hydroxylation is 1.